The van der Waals surface area contributed by atoms with Gasteiger partial charge in [0, 0.05) is 12.6 Å². The SMILES string of the molecule is C=CC(=O)Nc1ccccc1C(=O)N1CCC1CC(C)(C)C. The van der Waals surface area contributed by atoms with E-state index in [1.54, 1.807) is 18.2 Å². The number of para-hydroxylation sites is 1. The molecule has 0 bridgehead atoms. The molecule has 1 atom stereocenters. The molecule has 1 aromatic carbocycles. The Labute approximate surface area is 132 Å². The average molecular weight is 300 g/mol. The van der Waals surface area contributed by atoms with Gasteiger partial charge in [-0.15, -0.1) is 0 Å². The van der Waals surface area contributed by atoms with E-state index in [4.69, 9.17) is 0 Å². The molecule has 1 aliphatic heterocycles. The second kappa shape index (κ2) is 6.34. The lowest BCUT2D eigenvalue weighted by atomic mass is 9.83. The van der Waals surface area contributed by atoms with Crippen molar-refractivity contribution >= 4 is 17.5 Å². The summed E-state index contributed by atoms with van der Waals surface area (Å²) in [6.45, 7) is 10.8. The molecule has 2 amide bonds. The van der Waals surface area contributed by atoms with Gasteiger partial charge in [0.1, 0.15) is 0 Å². The Morgan fingerprint density at radius 3 is 2.59 bits per heavy atom. The number of carbonyl (C=O) groups excluding carboxylic acids is 2. The lowest BCUT2D eigenvalue weighted by molar-refractivity contribution is -0.111. The zero-order valence-electron chi connectivity index (χ0n) is 13.6. The number of likely N-dealkylation sites (tertiary alicyclic amines) is 1. The van der Waals surface area contributed by atoms with Gasteiger partial charge in [0.2, 0.25) is 5.91 Å². The third-order valence-corrected chi connectivity index (χ3v) is 3.85. The fourth-order valence-electron chi connectivity index (χ4n) is 2.74. The maximum atomic E-state index is 12.8. The highest BCUT2D eigenvalue weighted by Gasteiger charge is 2.35. The highest BCUT2D eigenvalue weighted by molar-refractivity contribution is 6.06. The van der Waals surface area contributed by atoms with Gasteiger partial charge in [0.25, 0.3) is 5.91 Å². The molecular weight excluding hydrogens is 276 g/mol. The lowest BCUT2D eigenvalue weighted by Crippen LogP contribution is -2.52. The number of benzene rings is 1. The topological polar surface area (TPSA) is 49.4 Å². The van der Waals surface area contributed by atoms with Crippen LogP contribution >= 0.6 is 0 Å². The highest BCUT2D eigenvalue weighted by Crippen LogP contribution is 2.32. The van der Waals surface area contributed by atoms with Crippen molar-refractivity contribution in [1.82, 2.24) is 4.90 Å². The fourth-order valence-corrected chi connectivity index (χ4v) is 2.74. The predicted molar refractivity (Wildman–Crippen MR) is 88.8 cm³/mol. The van der Waals surface area contributed by atoms with Crippen LogP contribution in [-0.4, -0.2) is 29.3 Å². The maximum Gasteiger partial charge on any atom is 0.256 e. The van der Waals surface area contributed by atoms with Crippen molar-refractivity contribution in [3.05, 3.63) is 42.5 Å². The van der Waals surface area contributed by atoms with Crippen molar-refractivity contribution in [1.29, 1.82) is 0 Å². The number of nitrogens with zero attached hydrogens (tertiary/aromatic N) is 1. The Balaban J connectivity index is 2.16. The molecule has 118 valence electrons. The minimum Gasteiger partial charge on any atom is -0.335 e. The largest absolute Gasteiger partial charge is 0.335 e. The summed E-state index contributed by atoms with van der Waals surface area (Å²) < 4.78 is 0. The summed E-state index contributed by atoms with van der Waals surface area (Å²) in [4.78, 5) is 26.2. The van der Waals surface area contributed by atoms with E-state index in [1.165, 1.54) is 6.08 Å². The van der Waals surface area contributed by atoms with Crippen molar-refractivity contribution < 1.29 is 9.59 Å². The molecule has 1 unspecified atom stereocenters. The van der Waals surface area contributed by atoms with E-state index in [0.717, 1.165) is 19.4 Å². The van der Waals surface area contributed by atoms with E-state index >= 15 is 0 Å². The van der Waals surface area contributed by atoms with Crippen LogP contribution in [0.2, 0.25) is 0 Å². The van der Waals surface area contributed by atoms with Crippen molar-refractivity contribution in [2.45, 2.75) is 39.7 Å². The second-order valence-corrected chi connectivity index (χ2v) is 6.94. The fraction of sp³-hybridized carbons (Fsp3) is 0.444. The Morgan fingerprint density at radius 2 is 2.05 bits per heavy atom. The predicted octanol–water partition coefficient (Wildman–Crippen LogP) is 3.46. The third kappa shape index (κ3) is 3.75. The van der Waals surface area contributed by atoms with Gasteiger partial charge in [0.05, 0.1) is 11.3 Å². The number of anilines is 1. The van der Waals surface area contributed by atoms with Crippen LogP contribution in [0.1, 0.15) is 44.0 Å². The Hall–Kier alpha value is -2.10. The van der Waals surface area contributed by atoms with Crippen molar-refractivity contribution in [3.63, 3.8) is 0 Å². The van der Waals surface area contributed by atoms with Crippen LogP contribution < -0.4 is 5.32 Å². The first-order valence-corrected chi connectivity index (χ1v) is 7.65. The summed E-state index contributed by atoms with van der Waals surface area (Å²) in [6, 6.07) is 7.41. The molecular formula is C18H24N2O2. The standard InChI is InChI=1S/C18H24N2O2/c1-5-16(21)19-15-9-7-6-8-14(15)17(22)20-11-10-13(20)12-18(2,3)4/h5-9,13H,1,10-12H2,2-4H3,(H,19,21). The molecule has 22 heavy (non-hydrogen) atoms. The summed E-state index contributed by atoms with van der Waals surface area (Å²) >= 11 is 0. The summed E-state index contributed by atoms with van der Waals surface area (Å²) in [5.74, 6) is -0.324. The zero-order chi connectivity index (χ0) is 16.3. The molecule has 2 rings (SSSR count). The monoisotopic (exact) mass is 300 g/mol. The van der Waals surface area contributed by atoms with Gasteiger partial charge in [-0.2, -0.15) is 0 Å². The number of hydrogen-bond donors (Lipinski definition) is 1. The van der Waals surface area contributed by atoms with Gasteiger partial charge >= 0.3 is 0 Å². The van der Waals surface area contributed by atoms with Crippen molar-refractivity contribution in [2.75, 3.05) is 11.9 Å². The Kier molecular flexibility index (Phi) is 4.69. The molecule has 1 saturated heterocycles. The molecule has 1 aliphatic rings. The number of amides is 2. The van der Waals surface area contributed by atoms with Crippen LogP contribution in [0.5, 0.6) is 0 Å². The molecule has 0 spiro atoms. The molecule has 0 radical (unpaired) electrons. The minimum absolute atomic E-state index is 0.0135. The van der Waals surface area contributed by atoms with E-state index < -0.39 is 0 Å². The first kappa shape index (κ1) is 16.3. The second-order valence-electron chi connectivity index (χ2n) is 6.94. The Morgan fingerprint density at radius 1 is 1.36 bits per heavy atom. The molecule has 4 nitrogen and oxygen atoms in total. The van der Waals surface area contributed by atoms with Gasteiger partial charge in [-0.05, 0) is 36.5 Å². The van der Waals surface area contributed by atoms with Gasteiger partial charge in [-0.25, -0.2) is 0 Å². The molecule has 1 aromatic rings. The first-order chi connectivity index (χ1) is 10.3. The quantitative estimate of drug-likeness (QED) is 0.866. The summed E-state index contributed by atoms with van der Waals surface area (Å²) in [7, 11) is 0. The van der Waals surface area contributed by atoms with Crippen LogP contribution in [0.15, 0.2) is 36.9 Å². The van der Waals surface area contributed by atoms with E-state index in [2.05, 4.69) is 32.7 Å². The normalized spacial score (nSPS) is 17.6. The molecule has 1 heterocycles. The van der Waals surface area contributed by atoms with E-state index in [-0.39, 0.29) is 23.3 Å². The van der Waals surface area contributed by atoms with Gasteiger partial charge in [-0.3, -0.25) is 9.59 Å². The third-order valence-electron chi connectivity index (χ3n) is 3.85. The van der Waals surface area contributed by atoms with E-state index in [1.807, 2.05) is 11.0 Å². The van der Waals surface area contributed by atoms with Crippen molar-refractivity contribution in [2.24, 2.45) is 5.41 Å². The average Bonchev–Trinajstić information content (AvgIpc) is 2.43. The highest BCUT2D eigenvalue weighted by atomic mass is 16.2. The van der Waals surface area contributed by atoms with Crippen LogP contribution in [0.25, 0.3) is 0 Å². The molecule has 1 fully saturated rings. The summed E-state index contributed by atoms with van der Waals surface area (Å²) in [5.41, 5.74) is 1.27. The zero-order valence-corrected chi connectivity index (χ0v) is 13.6. The van der Waals surface area contributed by atoms with Crippen LogP contribution in [0, 0.1) is 5.41 Å². The molecule has 1 N–H and O–H groups in total. The van der Waals surface area contributed by atoms with E-state index in [0.29, 0.717) is 11.3 Å². The van der Waals surface area contributed by atoms with E-state index in [9.17, 15) is 9.59 Å². The van der Waals surface area contributed by atoms with Gasteiger partial charge in [-0.1, -0.05) is 39.5 Å². The van der Waals surface area contributed by atoms with Crippen molar-refractivity contribution in [3.8, 4) is 0 Å². The van der Waals surface area contributed by atoms with Gasteiger partial charge in [0.15, 0.2) is 0 Å². The van der Waals surface area contributed by atoms with Crippen LogP contribution in [0.4, 0.5) is 5.69 Å². The number of carbonyl (C=O) groups is 2. The summed E-state index contributed by atoms with van der Waals surface area (Å²) in [6.07, 6.45) is 3.23. The number of hydrogen-bond acceptors (Lipinski definition) is 2. The van der Waals surface area contributed by atoms with Crippen LogP contribution in [-0.2, 0) is 4.79 Å². The molecule has 0 saturated carbocycles. The van der Waals surface area contributed by atoms with Gasteiger partial charge < -0.3 is 10.2 Å². The Bertz CT molecular complexity index is 587. The maximum absolute atomic E-state index is 12.8. The minimum atomic E-state index is -0.310. The molecule has 4 heteroatoms. The lowest BCUT2D eigenvalue weighted by Gasteiger charge is -2.44. The number of rotatable bonds is 4. The van der Waals surface area contributed by atoms with Crippen LogP contribution in [0.3, 0.4) is 0 Å². The first-order valence-electron chi connectivity index (χ1n) is 7.65. The molecule has 0 aliphatic carbocycles. The summed E-state index contributed by atoms with van der Waals surface area (Å²) in [5, 5.41) is 2.70. The number of nitrogens with one attached hydrogen (secondary N) is 1. The molecule has 0 aromatic heterocycles. The smallest absolute Gasteiger partial charge is 0.256 e.